The lowest BCUT2D eigenvalue weighted by molar-refractivity contribution is -0.141. The smallest absolute Gasteiger partial charge is 0.254 e. The van der Waals surface area contributed by atoms with Gasteiger partial charge in [0.15, 0.2) is 0 Å². The zero-order valence-corrected chi connectivity index (χ0v) is 17.7. The van der Waals surface area contributed by atoms with Crippen molar-refractivity contribution in [2.45, 2.75) is 31.7 Å². The quantitative estimate of drug-likeness (QED) is 0.747. The van der Waals surface area contributed by atoms with Crippen molar-refractivity contribution in [2.75, 3.05) is 33.7 Å². The van der Waals surface area contributed by atoms with Crippen LogP contribution in [0.5, 0.6) is 0 Å². The summed E-state index contributed by atoms with van der Waals surface area (Å²) in [6, 6.07) is 4.26. The molecule has 1 atom stereocenters. The Bertz CT molecular complexity index is 756. The molecule has 2 fully saturated rings. The highest BCUT2D eigenvalue weighted by molar-refractivity contribution is 6.35. The number of likely N-dealkylation sites (tertiary alicyclic amines) is 2. The second-order valence-electron chi connectivity index (χ2n) is 7.65. The van der Waals surface area contributed by atoms with E-state index in [4.69, 9.17) is 23.2 Å². The van der Waals surface area contributed by atoms with Gasteiger partial charge >= 0.3 is 0 Å². The van der Waals surface area contributed by atoms with Gasteiger partial charge in [0, 0.05) is 55.3 Å². The van der Waals surface area contributed by atoms with Crippen molar-refractivity contribution in [1.82, 2.24) is 14.7 Å². The Kier molecular flexibility index (Phi) is 6.50. The van der Waals surface area contributed by atoms with Crippen molar-refractivity contribution in [3.05, 3.63) is 33.8 Å². The first kappa shape index (κ1) is 20.9. The van der Waals surface area contributed by atoms with Gasteiger partial charge < -0.3 is 14.7 Å². The highest BCUT2D eigenvalue weighted by Gasteiger charge is 2.38. The molecule has 28 heavy (non-hydrogen) atoms. The van der Waals surface area contributed by atoms with Crippen molar-refractivity contribution in [1.29, 1.82) is 0 Å². The molecular weight excluding hydrogens is 401 g/mol. The molecular formula is C20H25Cl2N3O3. The molecule has 0 spiro atoms. The molecule has 8 heteroatoms. The van der Waals surface area contributed by atoms with Gasteiger partial charge in [-0.3, -0.25) is 14.4 Å². The summed E-state index contributed by atoms with van der Waals surface area (Å²) in [5.74, 6) is -0.177. The lowest BCUT2D eigenvalue weighted by Gasteiger charge is -2.35. The van der Waals surface area contributed by atoms with Crippen LogP contribution in [0.2, 0.25) is 10.0 Å². The van der Waals surface area contributed by atoms with Crippen LogP contribution in [0.3, 0.4) is 0 Å². The highest BCUT2D eigenvalue weighted by Crippen LogP contribution is 2.27. The molecule has 2 aliphatic heterocycles. The summed E-state index contributed by atoms with van der Waals surface area (Å²) in [6.07, 6.45) is 2.75. The van der Waals surface area contributed by atoms with Crippen LogP contribution in [-0.2, 0) is 9.59 Å². The molecule has 2 heterocycles. The standard InChI is InChI=1S/C20H25Cl2N3O3/c1-23(2)18(26)13-5-8-24(9-6-13)20(28)17-4-3-7-25(17)19(27)14-10-15(21)12-16(22)11-14/h10-13,17H,3-9H2,1-2H3/t17-/m0/s1. The second kappa shape index (κ2) is 8.70. The average molecular weight is 426 g/mol. The number of hydrogen-bond donors (Lipinski definition) is 0. The summed E-state index contributed by atoms with van der Waals surface area (Å²) < 4.78 is 0. The number of benzene rings is 1. The zero-order chi connectivity index (χ0) is 20.4. The summed E-state index contributed by atoms with van der Waals surface area (Å²) in [7, 11) is 3.51. The molecule has 2 aliphatic rings. The number of amides is 3. The molecule has 6 nitrogen and oxygen atoms in total. The van der Waals surface area contributed by atoms with E-state index >= 15 is 0 Å². The topological polar surface area (TPSA) is 60.9 Å². The number of nitrogens with zero attached hydrogens (tertiary/aromatic N) is 3. The summed E-state index contributed by atoms with van der Waals surface area (Å²) in [4.78, 5) is 43.2. The monoisotopic (exact) mass is 425 g/mol. The molecule has 0 unspecified atom stereocenters. The fourth-order valence-electron chi connectivity index (χ4n) is 4.03. The molecule has 3 rings (SSSR count). The minimum absolute atomic E-state index is 0.0327. The van der Waals surface area contributed by atoms with E-state index in [9.17, 15) is 14.4 Å². The molecule has 3 amide bonds. The molecule has 0 N–H and O–H groups in total. The number of piperidine rings is 1. The Morgan fingerprint density at radius 3 is 2.14 bits per heavy atom. The van der Waals surface area contributed by atoms with Crippen molar-refractivity contribution >= 4 is 40.9 Å². The van der Waals surface area contributed by atoms with Crippen LogP contribution in [0.15, 0.2) is 18.2 Å². The van der Waals surface area contributed by atoms with Crippen molar-refractivity contribution in [3.63, 3.8) is 0 Å². The van der Waals surface area contributed by atoms with E-state index in [1.807, 2.05) is 0 Å². The van der Waals surface area contributed by atoms with Crippen molar-refractivity contribution in [2.24, 2.45) is 5.92 Å². The predicted octanol–water partition coefficient (Wildman–Crippen LogP) is 2.92. The Hall–Kier alpha value is -1.79. The van der Waals surface area contributed by atoms with Gasteiger partial charge in [0.05, 0.1) is 0 Å². The van der Waals surface area contributed by atoms with E-state index in [2.05, 4.69) is 0 Å². The maximum absolute atomic E-state index is 13.1. The Labute approximate surface area is 175 Å². The van der Waals surface area contributed by atoms with E-state index in [1.54, 1.807) is 47.0 Å². The summed E-state index contributed by atoms with van der Waals surface area (Å²) >= 11 is 12.0. The van der Waals surface area contributed by atoms with Gasteiger partial charge in [-0.1, -0.05) is 23.2 Å². The molecule has 152 valence electrons. The largest absolute Gasteiger partial charge is 0.349 e. The van der Waals surface area contributed by atoms with E-state index in [-0.39, 0.29) is 23.6 Å². The predicted molar refractivity (Wildman–Crippen MR) is 109 cm³/mol. The van der Waals surface area contributed by atoms with Crippen LogP contribution >= 0.6 is 23.2 Å². The maximum Gasteiger partial charge on any atom is 0.254 e. The summed E-state index contributed by atoms with van der Waals surface area (Å²) in [6.45, 7) is 1.63. The number of halogens is 2. The molecule has 1 aromatic carbocycles. The molecule has 0 saturated carbocycles. The number of carbonyl (C=O) groups is 3. The summed E-state index contributed by atoms with van der Waals surface area (Å²) in [5.41, 5.74) is 0.396. The highest BCUT2D eigenvalue weighted by atomic mass is 35.5. The Balaban J connectivity index is 1.67. The minimum atomic E-state index is -0.466. The average Bonchev–Trinajstić information content (AvgIpc) is 3.15. The first-order valence-corrected chi connectivity index (χ1v) is 10.3. The van der Waals surface area contributed by atoms with Crippen LogP contribution in [-0.4, -0.2) is 72.2 Å². The van der Waals surface area contributed by atoms with Crippen LogP contribution in [0.25, 0.3) is 0 Å². The van der Waals surface area contributed by atoms with Gasteiger partial charge in [0.1, 0.15) is 6.04 Å². The number of carbonyl (C=O) groups excluding carboxylic acids is 3. The van der Waals surface area contributed by atoms with Gasteiger partial charge in [0.25, 0.3) is 5.91 Å². The van der Waals surface area contributed by atoms with Gasteiger partial charge in [-0.15, -0.1) is 0 Å². The molecule has 0 radical (unpaired) electrons. The first-order valence-electron chi connectivity index (χ1n) is 9.55. The van der Waals surface area contributed by atoms with Gasteiger partial charge in [-0.05, 0) is 43.9 Å². The van der Waals surface area contributed by atoms with E-state index in [1.165, 1.54) is 0 Å². The van der Waals surface area contributed by atoms with Gasteiger partial charge in [-0.25, -0.2) is 0 Å². The van der Waals surface area contributed by atoms with E-state index in [0.29, 0.717) is 54.5 Å². The van der Waals surface area contributed by atoms with E-state index < -0.39 is 6.04 Å². The first-order chi connectivity index (χ1) is 13.3. The Morgan fingerprint density at radius 1 is 0.964 bits per heavy atom. The molecule has 0 aliphatic carbocycles. The summed E-state index contributed by atoms with van der Waals surface area (Å²) in [5, 5.41) is 0.788. The van der Waals surface area contributed by atoms with Crippen molar-refractivity contribution < 1.29 is 14.4 Å². The lowest BCUT2D eigenvalue weighted by Crippen LogP contribution is -2.51. The molecule has 2 saturated heterocycles. The second-order valence-corrected chi connectivity index (χ2v) is 8.52. The fraction of sp³-hybridized carbons (Fsp3) is 0.550. The molecule has 1 aromatic rings. The van der Waals surface area contributed by atoms with Crippen LogP contribution in [0, 0.1) is 5.92 Å². The van der Waals surface area contributed by atoms with Crippen LogP contribution < -0.4 is 0 Å². The van der Waals surface area contributed by atoms with Crippen molar-refractivity contribution in [3.8, 4) is 0 Å². The van der Waals surface area contributed by atoms with Gasteiger partial charge in [0.2, 0.25) is 11.8 Å². The van der Waals surface area contributed by atoms with Crippen LogP contribution in [0.4, 0.5) is 0 Å². The zero-order valence-electron chi connectivity index (χ0n) is 16.2. The SMILES string of the molecule is CN(C)C(=O)C1CCN(C(=O)[C@@H]2CCCN2C(=O)c2cc(Cl)cc(Cl)c2)CC1. The lowest BCUT2D eigenvalue weighted by atomic mass is 9.95. The van der Waals surface area contributed by atoms with E-state index in [0.717, 1.165) is 6.42 Å². The third-order valence-electron chi connectivity index (χ3n) is 5.50. The maximum atomic E-state index is 13.1. The normalized spacial score (nSPS) is 20.4. The number of rotatable bonds is 3. The third-order valence-corrected chi connectivity index (χ3v) is 5.94. The number of hydrogen-bond acceptors (Lipinski definition) is 3. The molecule has 0 aromatic heterocycles. The van der Waals surface area contributed by atoms with Gasteiger partial charge in [-0.2, -0.15) is 0 Å². The molecule has 0 bridgehead atoms. The van der Waals surface area contributed by atoms with Crippen LogP contribution in [0.1, 0.15) is 36.0 Å². The third kappa shape index (κ3) is 4.44. The Morgan fingerprint density at radius 2 is 1.57 bits per heavy atom. The fourth-order valence-corrected chi connectivity index (χ4v) is 4.56. The minimum Gasteiger partial charge on any atom is -0.349 e.